The third-order valence-corrected chi connectivity index (χ3v) is 4.15. The van der Waals surface area contributed by atoms with Crippen molar-refractivity contribution >= 4 is 6.04 Å². The first-order valence-corrected chi connectivity index (χ1v) is 7.49. The van der Waals surface area contributed by atoms with Gasteiger partial charge in [0.2, 0.25) is 0 Å². The van der Waals surface area contributed by atoms with Crippen LogP contribution in [0.4, 0.5) is 105 Å². The summed E-state index contributed by atoms with van der Waals surface area (Å²) in [4.78, 5) is 9.63. The van der Waals surface area contributed by atoms with Crippen molar-refractivity contribution < 1.29 is 110 Å². The van der Waals surface area contributed by atoms with Crippen molar-refractivity contribution in [3.05, 3.63) is 0 Å². The van der Waals surface area contributed by atoms with Crippen LogP contribution in [0.3, 0.4) is 0 Å². The number of alkyl halides is 23. The van der Waals surface area contributed by atoms with Gasteiger partial charge in [-0.05, 0) is 0 Å². The summed E-state index contributed by atoms with van der Waals surface area (Å²) in [7, 11) is 0. The summed E-state index contributed by atoms with van der Waals surface area (Å²) in [5, 5.41) is 0. The third-order valence-electron chi connectivity index (χ3n) is 4.15. The normalized spacial score (nSPS) is 16.8. The third kappa shape index (κ3) is 3.94. The zero-order chi connectivity index (χ0) is 31.1. The van der Waals surface area contributed by atoms with E-state index >= 15 is 0 Å². The Balaban J connectivity index is 7.25. The summed E-state index contributed by atoms with van der Waals surface area (Å²) in [6.45, 7) is 0. The Bertz CT molecular complexity index is 875. The molecule has 0 atom stereocenters. The van der Waals surface area contributed by atoms with E-state index in [1.165, 1.54) is 0 Å². The van der Waals surface area contributed by atoms with Crippen LogP contribution in [-0.4, -0.2) is 71.4 Å². The van der Waals surface area contributed by atoms with Crippen LogP contribution in [-0.2, 0) is 4.79 Å². The second-order valence-corrected chi connectivity index (χ2v) is 6.52. The minimum atomic E-state index is -9.54. The van der Waals surface area contributed by atoms with Crippen molar-refractivity contribution in [1.82, 2.24) is 0 Å². The van der Waals surface area contributed by atoms with Crippen LogP contribution in [0.5, 0.6) is 0 Å². The lowest BCUT2D eigenvalue weighted by Crippen LogP contribution is -2.77. The molecule has 0 radical (unpaired) electrons. The minimum absolute atomic E-state index is 5.12. The van der Waals surface area contributed by atoms with E-state index in [1.807, 2.05) is 0 Å². The number of carbonyl (C=O) groups is 1. The van der Waals surface area contributed by atoms with Crippen molar-refractivity contribution in [2.75, 3.05) is 0 Å². The molecule has 0 unspecified atom stereocenters. The predicted octanol–water partition coefficient (Wildman–Crippen LogP) is 7.40. The first-order valence-electron chi connectivity index (χ1n) is 7.49. The summed E-state index contributed by atoms with van der Waals surface area (Å²) < 4.78 is 309. The van der Waals surface area contributed by atoms with Gasteiger partial charge in [-0.15, -0.1) is 0 Å². The maximum Gasteiger partial charge on any atom is 0.460 e. The molecule has 0 N–H and O–H groups in total. The zero-order valence-corrected chi connectivity index (χ0v) is 15.5. The zero-order valence-electron chi connectivity index (χ0n) is 15.5. The Morgan fingerprint density at radius 1 is 0.297 bits per heavy atom. The van der Waals surface area contributed by atoms with Crippen LogP contribution in [0.2, 0.25) is 0 Å². The first kappa shape index (κ1) is 35.0. The molecule has 0 saturated heterocycles. The fourth-order valence-corrected chi connectivity index (χ4v) is 1.88. The van der Waals surface area contributed by atoms with E-state index in [0.717, 1.165) is 0 Å². The first-order chi connectivity index (χ1) is 15.4. The van der Waals surface area contributed by atoms with Gasteiger partial charge in [0.25, 0.3) is 0 Å². The van der Waals surface area contributed by atoms with Gasteiger partial charge >= 0.3 is 71.4 Å². The lowest BCUT2D eigenvalue weighted by Gasteiger charge is -2.44. The van der Waals surface area contributed by atoms with Gasteiger partial charge in [0.1, 0.15) is 0 Å². The van der Waals surface area contributed by atoms with Crippen molar-refractivity contribution in [2.45, 2.75) is 65.4 Å². The van der Waals surface area contributed by atoms with Gasteiger partial charge in [0.15, 0.2) is 0 Å². The number of carbonyl (C=O) groups excluding carboxylic acids is 1. The average Bonchev–Trinajstić information content (AvgIpc) is 2.65. The quantitative estimate of drug-likeness (QED) is 0.185. The van der Waals surface area contributed by atoms with E-state index in [4.69, 9.17) is 0 Å². The summed E-state index contributed by atoms with van der Waals surface area (Å²) in [5.41, 5.74) is 0. The van der Waals surface area contributed by atoms with E-state index in [-0.39, 0.29) is 0 Å². The van der Waals surface area contributed by atoms with Crippen LogP contribution < -0.4 is 0 Å². The largest absolute Gasteiger partial charge is 0.460 e. The molecule has 37 heavy (non-hydrogen) atoms. The molecule has 0 aromatic rings. The Hall–Kier alpha value is -2.01. The van der Waals surface area contributed by atoms with Gasteiger partial charge in [-0.1, -0.05) is 0 Å². The van der Waals surface area contributed by atoms with Crippen LogP contribution in [0.1, 0.15) is 0 Å². The van der Waals surface area contributed by atoms with Crippen molar-refractivity contribution in [3.8, 4) is 0 Å². The molecule has 0 aliphatic rings. The molecule has 0 rings (SSSR count). The molecule has 0 bridgehead atoms. The maximum absolute atomic E-state index is 13.3. The average molecular weight is 616 g/mol. The van der Waals surface area contributed by atoms with Crippen molar-refractivity contribution in [2.24, 2.45) is 0 Å². The molecule has 0 spiro atoms. The van der Waals surface area contributed by atoms with E-state index in [1.54, 1.807) is 0 Å². The SMILES string of the molecule is O=C(F)C(F)(F)C(F)(F)C(F)(F)C(F)(F)C(F)(F)C(F)(F)C(F)(F)C(F)(F)C(F)(F)C(F)(F)C(F)(F)F. The van der Waals surface area contributed by atoms with Gasteiger partial charge in [-0.3, -0.25) is 4.79 Å². The van der Waals surface area contributed by atoms with E-state index in [0.29, 0.717) is 0 Å². The second kappa shape index (κ2) is 8.24. The number of hydrogen-bond donors (Lipinski definition) is 0. The number of hydrogen-bond acceptors (Lipinski definition) is 1. The highest BCUT2D eigenvalue weighted by Crippen LogP contribution is 2.67. The summed E-state index contributed by atoms with van der Waals surface area (Å²) in [6.07, 6.45) is -8.14. The molecule has 0 amide bonds. The minimum Gasteiger partial charge on any atom is -0.254 e. The fourth-order valence-electron chi connectivity index (χ4n) is 1.88. The molecule has 0 aromatic heterocycles. The molecule has 1 nitrogen and oxygen atoms in total. The monoisotopic (exact) mass is 616 g/mol. The Kier molecular flexibility index (Phi) is 7.80. The topological polar surface area (TPSA) is 17.1 Å². The molecule has 222 valence electrons. The molecular weight excluding hydrogens is 616 g/mol. The van der Waals surface area contributed by atoms with Gasteiger partial charge in [0, 0.05) is 0 Å². The van der Waals surface area contributed by atoms with Gasteiger partial charge in [-0.25, -0.2) is 0 Å². The number of halogens is 24. The van der Waals surface area contributed by atoms with Gasteiger partial charge in [0.05, 0.1) is 0 Å². The molecule has 0 aromatic carbocycles. The van der Waals surface area contributed by atoms with Crippen LogP contribution in [0.25, 0.3) is 0 Å². The van der Waals surface area contributed by atoms with E-state index < -0.39 is 71.4 Å². The van der Waals surface area contributed by atoms with Crippen molar-refractivity contribution in [3.63, 3.8) is 0 Å². The molecule has 0 heterocycles. The Morgan fingerprint density at radius 3 is 0.622 bits per heavy atom. The Morgan fingerprint density at radius 2 is 0.459 bits per heavy atom. The Labute approximate surface area is 183 Å². The standard InChI is InChI=1S/C12F24O/c13-1(37)2(14,15)3(16,17)4(18,19)5(20,21)6(22,23)7(24,25)8(26,27)9(28,29)10(30,31)11(32,33)12(34,35)36. The molecule has 0 saturated carbocycles. The van der Waals surface area contributed by atoms with E-state index in [2.05, 4.69) is 0 Å². The number of rotatable bonds is 10. The molecule has 25 heteroatoms. The highest BCUT2D eigenvalue weighted by Gasteiger charge is 2.99. The molecular formula is C12F24O. The van der Waals surface area contributed by atoms with Gasteiger partial charge < -0.3 is 0 Å². The summed E-state index contributed by atoms with van der Waals surface area (Å²) >= 11 is 0. The molecule has 0 fully saturated rings. The van der Waals surface area contributed by atoms with Crippen LogP contribution in [0.15, 0.2) is 0 Å². The summed E-state index contributed by atoms with van der Waals surface area (Å²) in [5.74, 6) is -90.6. The highest BCUT2D eigenvalue weighted by molar-refractivity contribution is 5.78. The smallest absolute Gasteiger partial charge is 0.254 e. The van der Waals surface area contributed by atoms with Crippen molar-refractivity contribution in [1.29, 1.82) is 0 Å². The predicted molar refractivity (Wildman–Crippen MR) is 61.6 cm³/mol. The van der Waals surface area contributed by atoms with Gasteiger partial charge in [-0.2, -0.15) is 105 Å². The second-order valence-electron chi connectivity index (χ2n) is 6.52. The summed E-state index contributed by atoms with van der Waals surface area (Å²) in [6, 6.07) is -5.12. The molecule has 0 aliphatic carbocycles. The van der Waals surface area contributed by atoms with E-state index in [9.17, 15) is 110 Å². The maximum atomic E-state index is 13.3. The van der Waals surface area contributed by atoms with Crippen LogP contribution in [0, 0.1) is 0 Å². The lowest BCUT2D eigenvalue weighted by atomic mass is 9.85. The lowest BCUT2D eigenvalue weighted by molar-refractivity contribution is -0.477. The fraction of sp³-hybridized carbons (Fsp3) is 0.917. The molecule has 0 aliphatic heterocycles. The van der Waals surface area contributed by atoms with Crippen LogP contribution >= 0.6 is 0 Å². The highest BCUT2D eigenvalue weighted by atomic mass is 19.4.